The summed E-state index contributed by atoms with van der Waals surface area (Å²) < 4.78 is 54.7. The van der Waals surface area contributed by atoms with Crippen molar-refractivity contribution in [2.45, 2.75) is 12.6 Å². The van der Waals surface area contributed by atoms with Crippen LogP contribution in [0.15, 0.2) is 30.6 Å². The van der Waals surface area contributed by atoms with Crippen molar-refractivity contribution in [3.63, 3.8) is 0 Å². The molecule has 2 aromatic heterocycles. The molecule has 128 valence electrons. The van der Waals surface area contributed by atoms with Crippen molar-refractivity contribution in [2.75, 3.05) is 0 Å². The van der Waals surface area contributed by atoms with Gasteiger partial charge in [0.2, 0.25) is 0 Å². The van der Waals surface area contributed by atoms with Crippen molar-refractivity contribution in [1.29, 1.82) is 5.26 Å². The van der Waals surface area contributed by atoms with Crippen LogP contribution >= 0.6 is 23.2 Å². The van der Waals surface area contributed by atoms with E-state index in [2.05, 4.69) is 4.98 Å². The van der Waals surface area contributed by atoms with Gasteiger partial charge in [0.15, 0.2) is 0 Å². The molecule has 0 fully saturated rings. The van der Waals surface area contributed by atoms with E-state index in [0.29, 0.717) is 11.6 Å². The molecule has 0 saturated carbocycles. The van der Waals surface area contributed by atoms with E-state index in [9.17, 15) is 17.6 Å². The molecule has 9 heteroatoms. The van der Waals surface area contributed by atoms with E-state index in [0.717, 1.165) is 22.9 Å². The zero-order valence-electron chi connectivity index (χ0n) is 12.2. The van der Waals surface area contributed by atoms with Gasteiger partial charge in [-0.05, 0) is 23.8 Å². The normalized spacial score (nSPS) is 11.7. The van der Waals surface area contributed by atoms with Gasteiger partial charge in [0.1, 0.15) is 17.2 Å². The molecule has 3 aromatic rings. The minimum atomic E-state index is -4.66. The molecule has 3 nitrogen and oxygen atoms in total. The summed E-state index contributed by atoms with van der Waals surface area (Å²) in [6.07, 6.45) is -2.48. The number of rotatable bonds is 2. The third-order valence-corrected chi connectivity index (χ3v) is 4.24. The second-order valence-electron chi connectivity index (χ2n) is 5.13. The first-order chi connectivity index (χ1) is 11.7. The average molecular weight is 388 g/mol. The maximum absolute atomic E-state index is 14.4. The molecule has 25 heavy (non-hydrogen) atoms. The van der Waals surface area contributed by atoms with Crippen LogP contribution < -0.4 is 0 Å². The summed E-state index contributed by atoms with van der Waals surface area (Å²) in [7, 11) is 0. The number of imidazole rings is 1. The van der Waals surface area contributed by atoms with Crippen LogP contribution in [0.25, 0.3) is 16.8 Å². The van der Waals surface area contributed by atoms with Gasteiger partial charge < -0.3 is 0 Å². The SMILES string of the molecule is N#CCc1cc(-c2c(Cl)cc(C(F)(F)F)n3ccnc23)c(F)cc1Cl. The lowest BCUT2D eigenvalue weighted by Crippen LogP contribution is -2.12. The summed E-state index contributed by atoms with van der Waals surface area (Å²) >= 11 is 11.9. The van der Waals surface area contributed by atoms with Gasteiger partial charge in [0.05, 0.1) is 17.5 Å². The molecule has 0 unspecified atom stereocenters. The van der Waals surface area contributed by atoms with Crippen molar-refractivity contribution in [1.82, 2.24) is 9.38 Å². The molecule has 0 bridgehead atoms. The van der Waals surface area contributed by atoms with Crippen molar-refractivity contribution >= 4 is 28.8 Å². The first kappa shape index (κ1) is 17.5. The number of pyridine rings is 1. The lowest BCUT2D eigenvalue weighted by atomic mass is 10.0. The highest BCUT2D eigenvalue weighted by Gasteiger charge is 2.35. The number of halogens is 6. The molecular formula is C16H7Cl2F4N3. The molecule has 3 rings (SSSR count). The van der Waals surface area contributed by atoms with E-state index in [1.165, 1.54) is 6.07 Å². The smallest absolute Gasteiger partial charge is 0.295 e. The van der Waals surface area contributed by atoms with Crippen LogP contribution in [0.4, 0.5) is 17.6 Å². The van der Waals surface area contributed by atoms with Gasteiger partial charge in [-0.2, -0.15) is 18.4 Å². The minimum absolute atomic E-state index is 0.00646. The lowest BCUT2D eigenvalue weighted by Gasteiger charge is -2.15. The lowest BCUT2D eigenvalue weighted by molar-refractivity contribution is -0.142. The Hall–Kier alpha value is -2.30. The molecule has 0 spiro atoms. The van der Waals surface area contributed by atoms with Crippen LogP contribution in [-0.4, -0.2) is 9.38 Å². The predicted octanol–water partition coefficient (Wildman–Crippen LogP) is 5.53. The number of hydrogen-bond acceptors (Lipinski definition) is 2. The summed E-state index contributed by atoms with van der Waals surface area (Å²) in [5.41, 5.74) is -0.928. The molecule has 0 N–H and O–H groups in total. The molecule has 1 aromatic carbocycles. The van der Waals surface area contributed by atoms with Crippen LogP contribution in [0.2, 0.25) is 10.0 Å². The van der Waals surface area contributed by atoms with Gasteiger partial charge in [-0.25, -0.2) is 9.37 Å². The van der Waals surface area contributed by atoms with E-state index in [-0.39, 0.29) is 33.2 Å². The Morgan fingerprint density at radius 1 is 1.16 bits per heavy atom. The number of nitriles is 1. The van der Waals surface area contributed by atoms with Gasteiger partial charge in [0.25, 0.3) is 0 Å². The van der Waals surface area contributed by atoms with E-state index in [1.807, 2.05) is 6.07 Å². The van der Waals surface area contributed by atoms with Gasteiger partial charge in [-0.1, -0.05) is 23.2 Å². The number of aromatic nitrogens is 2. The molecule has 2 heterocycles. The van der Waals surface area contributed by atoms with E-state index < -0.39 is 17.7 Å². The van der Waals surface area contributed by atoms with Crippen LogP contribution in [0.1, 0.15) is 11.3 Å². The second-order valence-corrected chi connectivity index (χ2v) is 5.94. The Morgan fingerprint density at radius 3 is 2.52 bits per heavy atom. The summed E-state index contributed by atoms with van der Waals surface area (Å²) in [5, 5.41) is 8.56. The number of hydrogen-bond donors (Lipinski definition) is 0. The fourth-order valence-corrected chi connectivity index (χ4v) is 3.03. The van der Waals surface area contributed by atoms with E-state index >= 15 is 0 Å². The fourth-order valence-electron chi connectivity index (χ4n) is 2.52. The fraction of sp³-hybridized carbons (Fsp3) is 0.125. The highest BCUT2D eigenvalue weighted by atomic mass is 35.5. The van der Waals surface area contributed by atoms with Crippen molar-refractivity contribution < 1.29 is 17.6 Å². The monoisotopic (exact) mass is 387 g/mol. The Bertz CT molecular complexity index is 1020. The third-order valence-electron chi connectivity index (χ3n) is 3.59. The average Bonchev–Trinajstić information content (AvgIpc) is 2.98. The summed E-state index contributed by atoms with van der Waals surface area (Å²) in [4.78, 5) is 3.88. The molecule has 0 atom stereocenters. The van der Waals surface area contributed by atoms with Crippen LogP contribution in [0.3, 0.4) is 0 Å². The molecule has 0 amide bonds. The molecule has 0 radical (unpaired) electrons. The van der Waals surface area contributed by atoms with E-state index in [1.54, 1.807) is 0 Å². The van der Waals surface area contributed by atoms with Crippen molar-refractivity contribution in [3.05, 3.63) is 57.7 Å². The quantitative estimate of drug-likeness (QED) is 0.542. The van der Waals surface area contributed by atoms with Gasteiger partial charge in [-0.15, -0.1) is 0 Å². The molecule has 0 aliphatic heterocycles. The standard InChI is InChI=1S/C16H7Cl2F4N3/c17-10-6-12(19)9(5-8(10)1-2-23)14-11(18)7-13(16(20,21)22)25-4-3-24-15(14)25/h3-7H,1H2. The first-order valence-electron chi connectivity index (χ1n) is 6.82. The molecule has 0 aliphatic carbocycles. The predicted molar refractivity (Wildman–Crippen MR) is 84.9 cm³/mol. The Labute approximate surface area is 149 Å². The van der Waals surface area contributed by atoms with Crippen molar-refractivity contribution in [3.8, 4) is 17.2 Å². The Balaban J connectivity index is 2.35. The molecule has 0 saturated heterocycles. The van der Waals surface area contributed by atoms with Crippen LogP contribution in [-0.2, 0) is 12.6 Å². The maximum atomic E-state index is 14.4. The van der Waals surface area contributed by atoms with Crippen LogP contribution in [0, 0.1) is 17.1 Å². The second kappa shape index (κ2) is 6.21. The Kier molecular flexibility index (Phi) is 4.35. The summed E-state index contributed by atoms with van der Waals surface area (Å²) in [6.45, 7) is 0. The number of alkyl halides is 3. The Morgan fingerprint density at radius 2 is 1.88 bits per heavy atom. The number of nitrogens with zero attached hydrogens (tertiary/aromatic N) is 3. The van der Waals surface area contributed by atoms with E-state index in [4.69, 9.17) is 28.5 Å². The van der Waals surface area contributed by atoms with Gasteiger partial charge in [0, 0.05) is 28.5 Å². The number of fused-ring (bicyclic) bond motifs is 1. The highest BCUT2D eigenvalue weighted by Crippen LogP contribution is 2.40. The van der Waals surface area contributed by atoms with Crippen molar-refractivity contribution in [2.24, 2.45) is 0 Å². The van der Waals surface area contributed by atoms with Gasteiger partial charge in [-0.3, -0.25) is 4.40 Å². The summed E-state index contributed by atoms with van der Waals surface area (Å²) in [5.74, 6) is -0.779. The highest BCUT2D eigenvalue weighted by molar-refractivity contribution is 6.34. The van der Waals surface area contributed by atoms with Crippen LogP contribution in [0.5, 0.6) is 0 Å². The molecular weight excluding hydrogens is 381 g/mol. The molecule has 0 aliphatic rings. The summed E-state index contributed by atoms with van der Waals surface area (Å²) in [6, 6.07) is 4.89. The number of benzene rings is 1. The topological polar surface area (TPSA) is 41.1 Å². The zero-order chi connectivity index (χ0) is 18.4. The zero-order valence-corrected chi connectivity index (χ0v) is 13.7. The maximum Gasteiger partial charge on any atom is 0.431 e. The largest absolute Gasteiger partial charge is 0.431 e. The first-order valence-corrected chi connectivity index (χ1v) is 7.57. The minimum Gasteiger partial charge on any atom is -0.295 e. The third kappa shape index (κ3) is 3.03. The van der Waals surface area contributed by atoms with Gasteiger partial charge >= 0.3 is 6.18 Å².